The first kappa shape index (κ1) is 14.7. The van der Waals surface area contributed by atoms with E-state index in [4.69, 9.17) is 10.5 Å². The normalized spacial score (nSPS) is 11.3. The lowest BCUT2D eigenvalue weighted by Crippen LogP contribution is -2.31. The van der Waals surface area contributed by atoms with Crippen molar-refractivity contribution in [2.24, 2.45) is 0 Å². The molecule has 1 aromatic heterocycles. The Hall–Kier alpha value is -1.75. The Morgan fingerprint density at radius 3 is 2.65 bits per heavy atom. The number of nitrogens with two attached hydrogens (primary N) is 1. The van der Waals surface area contributed by atoms with Crippen molar-refractivity contribution < 1.29 is 4.74 Å². The average Bonchev–Trinajstić information content (AvgIpc) is 2.77. The van der Waals surface area contributed by atoms with E-state index in [0.29, 0.717) is 11.6 Å². The van der Waals surface area contributed by atoms with Gasteiger partial charge in [-0.15, -0.1) is 0 Å². The van der Waals surface area contributed by atoms with Crippen molar-refractivity contribution in [1.82, 2.24) is 4.37 Å². The SMILES string of the molecule is COc1c(N)nsc1NC(C)(C)CCc1ccccc1. The fourth-order valence-electron chi connectivity index (χ4n) is 2.04. The maximum absolute atomic E-state index is 5.77. The van der Waals surface area contributed by atoms with Crippen molar-refractivity contribution in [1.29, 1.82) is 0 Å². The van der Waals surface area contributed by atoms with Gasteiger partial charge >= 0.3 is 0 Å². The van der Waals surface area contributed by atoms with Crippen molar-refractivity contribution in [2.75, 3.05) is 18.2 Å². The summed E-state index contributed by atoms with van der Waals surface area (Å²) in [5.41, 5.74) is 7.06. The van der Waals surface area contributed by atoms with E-state index in [9.17, 15) is 0 Å². The summed E-state index contributed by atoms with van der Waals surface area (Å²) in [7, 11) is 1.61. The number of nitrogens with one attached hydrogen (secondary N) is 1. The molecule has 0 aliphatic heterocycles. The molecular formula is C15H21N3OS. The number of aromatic nitrogens is 1. The van der Waals surface area contributed by atoms with Gasteiger partial charge in [-0.3, -0.25) is 0 Å². The third kappa shape index (κ3) is 3.63. The number of ether oxygens (including phenoxy) is 1. The Morgan fingerprint density at radius 1 is 1.30 bits per heavy atom. The summed E-state index contributed by atoms with van der Waals surface area (Å²) in [6, 6.07) is 10.5. The van der Waals surface area contributed by atoms with Crippen molar-refractivity contribution in [3.8, 4) is 5.75 Å². The summed E-state index contributed by atoms with van der Waals surface area (Å²) in [5, 5.41) is 4.37. The lowest BCUT2D eigenvalue weighted by molar-refractivity contribution is 0.417. The summed E-state index contributed by atoms with van der Waals surface area (Å²) in [6.07, 6.45) is 2.04. The van der Waals surface area contributed by atoms with Crippen molar-refractivity contribution in [3.05, 3.63) is 35.9 Å². The van der Waals surface area contributed by atoms with Crippen LogP contribution in [-0.4, -0.2) is 17.0 Å². The number of nitrogen functional groups attached to an aromatic ring is 1. The number of methoxy groups -OCH3 is 1. The molecule has 2 aromatic rings. The van der Waals surface area contributed by atoms with Gasteiger partial charge in [0.05, 0.1) is 7.11 Å². The molecule has 108 valence electrons. The van der Waals surface area contributed by atoms with Crippen LogP contribution in [0, 0.1) is 0 Å². The average molecular weight is 291 g/mol. The molecule has 2 rings (SSSR count). The van der Waals surface area contributed by atoms with Gasteiger partial charge < -0.3 is 15.8 Å². The molecule has 0 saturated heterocycles. The molecule has 0 unspecified atom stereocenters. The first-order valence-corrected chi connectivity index (χ1v) is 7.40. The topological polar surface area (TPSA) is 60.2 Å². The van der Waals surface area contributed by atoms with Crippen LogP contribution in [0.2, 0.25) is 0 Å². The van der Waals surface area contributed by atoms with Crippen LogP contribution in [0.15, 0.2) is 30.3 Å². The number of rotatable bonds is 6. The Balaban J connectivity index is 2.00. The maximum atomic E-state index is 5.77. The molecule has 1 heterocycles. The molecule has 0 fully saturated rings. The Kier molecular flexibility index (Phi) is 4.49. The van der Waals surface area contributed by atoms with Crippen LogP contribution in [0.4, 0.5) is 10.8 Å². The standard InChI is InChI=1S/C15H21N3OS/c1-15(2,10-9-11-7-5-4-6-8-11)17-14-12(19-3)13(16)18-20-14/h4-8,17H,9-10H2,1-3H3,(H2,16,18). The van der Waals surface area contributed by atoms with Gasteiger partial charge in [-0.2, -0.15) is 4.37 Å². The van der Waals surface area contributed by atoms with E-state index < -0.39 is 0 Å². The quantitative estimate of drug-likeness (QED) is 0.854. The molecule has 0 bridgehead atoms. The monoisotopic (exact) mass is 291 g/mol. The number of hydrogen-bond donors (Lipinski definition) is 2. The third-order valence-electron chi connectivity index (χ3n) is 3.21. The number of nitrogens with zero attached hydrogens (tertiary/aromatic N) is 1. The Labute approximate surface area is 124 Å². The fraction of sp³-hybridized carbons (Fsp3) is 0.400. The number of aryl methyl sites for hydroxylation is 1. The van der Waals surface area contributed by atoms with Crippen molar-refractivity contribution in [2.45, 2.75) is 32.2 Å². The zero-order valence-electron chi connectivity index (χ0n) is 12.1. The minimum absolute atomic E-state index is 0.0535. The summed E-state index contributed by atoms with van der Waals surface area (Å²) >= 11 is 1.34. The molecule has 3 N–H and O–H groups in total. The van der Waals surface area contributed by atoms with E-state index in [1.165, 1.54) is 17.1 Å². The Morgan fingerprint density at radius 2 is 2.00 bits per heavy atom. The van der Waals surface area contributed by atoms with Gasteiger partial charge in [0.15, 0.2) is 16.6 Å². The zero-order valence-corrected chi connectivity index (χ0v) is 13.0. The lowest BCUT2D eigenvalue weighted by atomic mass is 9.95. The van der Waals surface area contributed by atoms with Crippen LogP contribution in [0.3, 0.4) is 0 Å². The van der Waals surface area contributed by atoms with Gasteiger partial charge in [-0.05, 0) is 43.8 Å². The third-order valence-corrected chi connectivity index (χ3v) is 3.97. The van der Waals surface area contributed by atoms with E-state index in [-0.39, 0.29) is 5.54 Å². The number of benzene rings is 1. The molecule has 0 spiro atoms. The highest BCUT2D eigenvalue weighted by atomic mass is 32.1. The summed E-state index contributed by atoms with van der Waals surface area (Å²) in [6.45, 7) is 4.34. The molecule has 20 heavy (non-hydrogen) atoms. The van der Waals surface area contributed by atoms with Crippen LogP contribution < -0.4 is 15.8 Å². The van der Waals surface area contributed by atoms with E-state index >= 15 is 0 Å². The highest BCUT2D eigenvalue weighted by Gasteiger charge is 2.22. The molecule has 0 aliphatic carbocycles. The molecule has 4 nitrogen and oxygen atoms in total. The van der Waals surface area contributed by atoms with Crippen LogP contribution in [0.5, 0.6) is 5.75 Å². The first-order chi connectivity index (χ1) is 9.52. The second kappa shape index (κ2) is 6.13. The smallest absolute Gasteiger partial charge is 0.197 e. The maximum Gasteiger partial charge on any atom is 0.197 e. The molecule has 0 radical (unpaired) electrons. The van der Waals surface area contributed by atoms with Crippen LogP contribution >= 0.6 is 11.5 Å². The summed E-state index contributed by atoms with van der Waals surface area (Å²) in [4.78, 5) is 0. The second-order valence-electron chi connectivity index (χ2n) is 5.42. The fourth-order valence-corrected chi connectivity index (χ4v) is 2.91. The van der Waals surface area contributed by atoms with Crippen molar-refractivity contribution >= 4 is 22.4 Å². The predicted octanol–water partition coefficient (Wildman–Crippen LogP) is 3.56. The highest BCUT2D eigenvalue weighted by molar-refractivity contribution is 7.11. The van der Waals surface area contributed by atoms with Gasteiger partial charge in [-0.1, -0.05) is 30.3 Å². The molecule has 0 amide bonds. The first-order valence-electron chi connectivity index (χ1n) is 6.63. The summed E-state index contributed by atoms with van der Waals surface area (Å²) in [5.74, 6) is 1.08. The van der Waals surface area contributed by atoms with E-state index in [2.05, 4.69) is 47.8 Å². The molecule has 5 heteroatoms. The highest BCUT2D eigenvalue weighted by Crippen LogP contribution is 2.37. The van der Waals surface area contributed by atoms with Gasteiger partial charge in [-0.25, -0.2) is 0 Å². The minimum Gasteiger partial charge on any atom is -0.490 e. The van der Waals surface area contributed by atoms with Crippen LogP contribution in [-0.2, 0) is 6.42 Å². The van der Waals surface area contributed by atoms with Gasteiger partial charge in [0, 0.05) is 5.54 Å². The van der Waals surface area contributed by atoms with Crippen molar-refractivity contribution in [3.63, 3.8) is 0 Å². The van der Waals surface area contributed by atoms with Gasteiger partial charge in [0.1, 0.15) is 0 Å². The zero-order chi connectivity index (χ0) is 14.6. The van der Waals surface area contributed by atoms with Crippen LogP contribution in [0.1, 0.15) is 25.8 Å². The van der Waals surface area contributed by atoms with Gasteiger partial charge in [0.2, 0.25) is 0 Å². The molecular weight excluding hydrogens is 270 g/mol. The van der Waals surface area contributed by atoms with E-state index in [1.807, 2.05) is 6.07 Å². The number of hydrogen-bond acceptors (Lipinski definition) is 5. The molecule has 1 aromatic carbocycles. The Bertz CT molecular complexity index is 552. The predicted molar refractivity (Wildman–Crippen MR) is 85.5 cm³/mol. The lowest BCUT2D eigenvalue weighted by Gasteiger charge is -2.27. The van der Waals surface area contributed by atoms with Gasteiger partial charge in [0.25, 0.3) is 0 Å². The van der Waals surface area contributed by atoms with E-state index in [0.717, 1.165) is 17.8 Å². The summed E-state index contributed by atoms with van der Waals surface area (Å²) < 4.78 is 9.41. The molecule has 0 atom stereocenters. The molecule has 0 aliphatic rings. The number of anilines is 2. The largest absolute Gasteiger partial charge is 0.490 e. The molecule has 0 saturated carbocycles. The van der Waals surface area contributed by atoms with Crippen LogP contribution in [0.25, 0.3) is 0 Å². The van der Waals surface area contributed by atoms with E-state index in [1.54, 1.807) is 7.11 Å². The second-order valence-corrected chi connectivity index (χ2v) is 6.20. The minimum atomic E-state index is -0.0535.